The summed E-state index contributed by atoms with van der Waals surface area (Å²) in [7, 11) is 1.57. The van der Waals surface area contributed by atoms with Crippen molar-refractivity contribution in [3.63, 3.8) is 0 Å². The molecule has 8 nitrogen and oxygen atoms in total. The maximum Gasteiger partial charge on any atom is 0.325 e. The van der Waals surface area contributed by atoms with E-state index in [4.69, 9.17) is 19.3 Å². The fourth-order valence-electron chi connectivity index (χ4n) is 2.60. The van der Waals surface area contributed by atoms with Crippen LogP contribution in [0, 0.1) is 0 Å². The Bertz CT molecular complexity index is 979. The molecule has 1 aliphatic rings. The maximum absolute atomic E-state index is 12.5. The first-order valence-corrected chi connectivity index (χ1v) is 8.74. The SMILES string of the molecule is COc1ccc(/C=C2\Oc3cc(OCC(=O)N[C@@H](C)C(=O)O)ccc3C2=O)cc1. The topological polar surface area (TPSA) is 111 Å². The van der Waals surface area contributed by atoms with Gasteiger partial charge >= 0.3 is 5.97 Å². The summed E-state index contributed by atoms with van der Waals surface area (Å²) in [4.78, 5) is 35.0. The first kappa shape index (κ1) is 19.9. The molecule has 8 heteroatoms. The molecule has 0 fully saturated rings. The summed E-state index contributed by atoms with van der Waals surface area (Å²) < 4.78 is 16.1. The van der Waals surface area contributed by atoms with E-state index in [-0.39, 0.29) is 18.1 Å². The normalized spacial score (nSPS) is 14.7. The Hall–Kier alpha value is -3.81. The van der Waals surface area contributed by atoms with Crippen LogP contribution < -0.4 is 19.5 Å². The molecule has 1 atom stereocenters. The number of aliphatic carboxylic acids is 1. The van der Waals surface area contributed by atoms with E-state index in [9.17, 15) is 14.4 Å². The Kier molecular flexibility index (Phi) is 5.82. The van der Waals surface area contributed by atoms with Crippen molar-refractivity contribution in [3.05, 3.63) is 59.4 Å². The number of carboxylic acid groups (broad SMARTS) is 1. The monoisotopic (exact) mass is 397 g/mol. The van der Waals surface area contributed by atoms with Gasteiger partial charge in [-0.15, -0.1) is 0 Å². The van der Waals surface area contributed by atoms with E-state index in [0.717, 1.165) is 5.56 Å². The lowest BCUT2D eigenvalue weighted by molar-refractivity contribution is -0.141. The number of hydrogen-bond donors (Lipinski definition) is 2. The number of benzene rings is 2. The van der Waals surface area contributed by atoms with Gasteiger partial charge in [-0.3, -0.25) is 14.4 Å². The van der Waals surface area contributed by atoms with Gasteiger partial charge in [0.05, 0.1) is 12.7 Å². The molecular weight excluding hydrogens is 378 g/mol. The molecule has 1 aliphatic heterocycles. The third-order valence-electron chi connectivity index (χ3n) is 4.17. The van der Waals surface area contributed by atoms with E-state index in [1.54, 1.807) is 49.6 Å². The molecule has 0 saturated carbocycles. The van der Waals surface area contributed by atoms with Crippen LogP contribution in [0.15, 0.2) is 48.2 Å². The minimum Gasteiger partial charge on any atom is -0.497 e. The Morgan fingerprint density at radius 2 is 1.86 bits per heavy atom. The highest BCUT2D eigenvalue weighted by Crippen LogP contribution is 2.35. The van der Waals surface area contributed by atoms with Crippen LogP contribution in [-0.4, -0.2) is 42.5 Å². The highest BCUT2D eigenvalue weighted by atomic mass is 16.5. The Labute approximate surface area is 166 Å². The number of rotatable bonds is 7. The zero-order valence-electron chi connectivity index (χ0n) is 15.8. The molecule has 150 valence electrons. The van der Waals surface area contributed by atoms with Crippen molar-refractivity contribution in [1.82, 2.24) is 5.32 Å². The van der Waals surface area contributed by atoms with E-state index in [2.05, 4.69) is 5.32 Å². The van der Waals surface area contributed by atoms with E-state index in [1.807, 2.05) is 0 Å². The highest BCUT2D eigenvalue weighted by Gasteiger charge is 2.27. The van der Waals surface area contributed by atoms with Gasteiger partial charge in [-0.05, 0) is 42.8 Å². The Balaban J connectivity index is 1.66. The molecule has 1 amide bonds. The second kappa shape index (κ2) is 8.47. The number of methoxy groups -OCH3 is 1. The number of carbonyl (C=O) groups excluding carboxylic acids is 2. The molecule has 0 bridgehead atoms. The van der Waals surface area contributed by atoms with E-state index in [1.165, 1.54) is 13.0 Å². The average Bonchev–Trinajstić information content (AvgIpc) is 3.01. The van der Waals surface area contributed by atoms with Crippen LogP contribution in [0.25, 0.3) is 6.08 Å². The van der Waals surface area contributed by atoms with Gasteiger partial charge in [0.25, 0.3) is 5.91 Å². The molecule has 29 heavy (non-hydrogen) atoms. The summed E-state index contributed by atoms with van der Waals surface area (Å²) in [5.74, 6) is -0.438. The van der Waals surface area contributed by atoms with Gasteiger partial charge in [0.15, 0.2) is 12.4 Å². The third kappa shape index (κ3) is 4.73. The smallest absolute Gasteiger partial charge is 0.325 e. The van der Waals surface area contributed by atoms with Gasteiger partial charge in [-0.25, -0.2) is 0 Å². The Morgan fingerprint density at radius 3 is 2.52 bits per heavy atom. The molecule has 2 N–H and O–H groups in total. The summed E-state index contributed by atoms with van der Waals surface area (Å²) in [6.07, 6.45) is 1.63. The number of nitrogens with one attached hydrogen (secondary N) is 1. The fourth-order valence-corrected chi connectivity index (χ4v) is 2.60. The van der Waals surface area contributed by atoms with Crippen molar-refractivity contribution in [2.45, 2.75) is 13.0 Å². The fraction of sp³-hybridized carbons (Fsp3) is 0.190. The molecule has 2 aromatic carbocycles. The van der Waals surface area contributed by atoms with Crippen molar-refractivity contribution in [2.75, 3.05) is 13.7 Å². The minimum absolute atomic E-state index is 0.176. The number of fused-ring (bicyclic) bond motifs is 1. The van der Waals surface area contributed by atoms with Crippen molar-refractivity contribution in [2.24, 2.45) is 0 Å². The van der Waals surface area contributed by atoms with Crippen LogP contribution >= 0.6 is 0 Å². The first-order valence-electron chi connectivity index (χ1n) is 8.74. The predicted octanol–water partition coefficient (Wildman–Crippen LogP) is 2.28. The van der Waals surface area contributed by atoms with Gasteiger partial charge < -0.3 is 24.6 Å². The molecule has 3 rings (SSSR count). The summed E-state index contributed by atoms with van der Waals surface area (Å²) in [5, 5.41) is 11.1. The van der Waals surface area contributed by atoms with Gasteiger partial charge in [-0.1, -0.05) is 12.1 Å². The number of carbonyl (C=O) groups is 3. The molecule has 0 aliphatic carbocycles. The quantitative estimate of drug-likeness (QED) is 0.690. The van der Waals surface area contributed by atoms with Gasteiger partial charge in [0.1, 0.15) is 23.3 Å². The van der Waals surface area contributed by atoms with Crippen LogP contribution in [0.2, 0.25) is 0 Å². The van der Waals surface area contributed by atoms with Crippen LogP contribution in [-0.2, 0) is 9.59 Å². The number of amides is 1. The number of hydrogen-bond acceptors (Lipinski definition) is 6. The van der Waals surface area contributed by atoms with E-state index >= 15 is 0 Å². The molecule has 0 unspecified atom stereocenters. The zero-order chi connectivity index (χ0) is 21.0. The van der Waals surface area contributed by atoms with Crippen molar-refractivity contribution < 1.29 is 33.7 Å². The second-order valence-corrected chi connectivity index (χ2v) is 6.29. The molecule has 0 saturated heterocycles. The number of Topliss-reactive ketones (excluding diaryl/α,β-unsaturated/α-hetero) is 1. The minimum atomic E-state index is -1.14. The van der Waals surface area contributed by atoms with Crippen LogP contribution in [0.1, 0.15) is 22.8 Å². The predicted molar refractivity (Wildman–Crippen MR) is 103 cm³/mol. The Morgan fingerprint density at radius 1 is 1.17 bits per heavy atom. The number of ether oxygens (including phenoxy) is 3. The lowest BCUT2D eigenvalue weighted by Crippen LogP contribution is -2.40. The molecule has 0 aromatic heterocycles. The first-order chi connectivity index (χ1) is 13.9. The van der Waals surface area contributed by atoms with Crippen molar-refractivity contribution >= 4 is 23.7 Å². The van der Waals surface area contributed by atoms with E-state index < -0.39 is 17.9 Å². The van der Waals surface area contributed by atoms with Crippen molar-refractivity contribution in [1.29, 1.82) is 0 Å². The largest absolute Gasteiger partial charge is 0.497 e. The average molecular weight is 397 g/mol. The highest BCUT2D eigenvalue weighted by molar-refractivity contribution is 6.14. The number of ketones is 1. The number of allylic oxidation sites excluding steroid dienone is 1. The van der Waals surface area contributed by atoms with E-state index in [0.29, 0.717) is 22.8 Å². The maximum atomic E-state index is 12.5. The summed E-state index contributed by atoms with van der Waals surface area (Å²) in [6.45, 7) is 0.991. The summed E-state index contributed by atoms with van der Waals surface area (Å²) >= 11 is 0. The lowest BCUT2D eigenvalue weighted by Gasteiger charge is -2.10. The molecular formula is C21H19NO7. The van der Waals surface area contributed by atoms with Gasteiger partial charge in [0, 0.05) is 6.07 Å². The molecule has 2 aromatic rings. The van der Waals surface area contributed by atoms with Gasteiger partial charge in [-0.2, -0.15) is 0 Å². The van der Waals surface area contributed by atoms with Crippen LogP contribution in [0.4, 0.5) is 0 Å². The molecule has 1 heterocycles. The number of carboxylic acids is 1. The zero-order valence-corrected chi connectivity index (χ0v) is 15.8. The van der Waals surface area contributed by atoms with Crippen LogP contribution in [0.3, 0.4) is 0 Å². The molecule has 0 spiro atoms. The summed E-state index contributed by atoms with van der Waals surface area (Å²) in [6, 6.07) is 10.8. The summed E-state index contributed by atoms with van der Waals surface area (Å²) in [5.41, 5.74) is 1.17. The molecule has 0 radical (unpaired) electrons. The standard InChI is InChI=1S/C21H19NO7/c1-12(21(25)26)22-19(23)11-28-15-7-8-16-17(10-15)29-18(20(16)24)9-13-3-5-14(27-2)6-4-13/h3-10,12H,11H2,1-2H3,(H,22,23)(H,25,26)/b18-9-/t12-/m0/s1. The third-order valence-corrected chi connectivity index (χ3v) is 4.17. The second-order valence-electron chi connectivity index (χ2n) is 6.29. The van der Waals surface area contributed by atoms with Gasteiger partial charge in [0.2, 0.25) is 5.78 Å². The lowest BCUT2D eigenvalue weighted by atomic mass is 10.1. The van der Waals surface area contributed by atoms with Crippen molar-refractivity contribution in [3.8, 4) is 17.2 Å². The van der Waals surface area contributed by atoms with Crippen LogP contribution in [0.5, 0.6) is 17.2 Å².